The molecule has 0 fully saturated rings. The summed E-state index contributed by atoms with van der Waals surface area (Å²) in [6.45, 7) is 2.06. The monoisotopic (exact) mass is 379 g/mol. The summed E-state index contributed by atoms with van der Waals surface area (Å²) in [7, 11) is 0. The summed E-state index contributed by atoms with van der Waals surface area (Å²) < 4.78 is 0.790. The molecule has 0 aliphatic rings. The Labute approximate surface area is 150 Å². The van der Waals surface area contributed by atoms with Gasteiger partial charge in [-0.2, -0.15) is 0 Å². The van der Waals surface area contributed by atoms with Crippen LogP contribution in [0.2, 0.25) is 0 Å². The van der Waals surface area contributed by atoms with Crippen molar-refractivity contribution < 1.29 is 4.79 Å². The molecule has 0 bridgehead atoms. The first-order chi connectivity index (χ1) is 11.6. The maximum absolute atomic E-state index is 12.7. The summed E-state index contributed by atoms with van der Waals surface area (Å²) in [6.07, 6.45) is 0. The second-order valence-electron chi connectivity index (χ2n) is 5.71. The molecule has 0 heterocycles. The Hall–Kier alpha value is -2.39. The molecular formula is C21H18BrNO. The molecule has 2 nitrogen and oxygen atoms in total. The van der Waals surface area contributed by atoms with Gasteiger partial charge in [0.15, 0.2) is 0 Å². The number of benzene rings is 3. The fourth-order valence-electron chi connectivity index (χ4n) is 2.62. The van der Waals surface area contributed by atoms with E-state index in [9.17, 15) is 4.79 Å². The number of amides is 1. The van der Waals surface area contributed by atoms with Gasteiger partial charge in [0.2, 0.25) is 0 Å². The molecule has 120 valence electrons. The smallest absolute Gasteiger partial charge is 0.253 e. The maximum Gasteiger partial charge on any atom is 0.253 e. The quantitative estimate of drug-likeness (QED) is 0.656. The Morgan fingerprint density at radius 3 is 2.08 bits per heavy atom. The van der Waals surface area contributed by atoms with Crippen LogP contribution in [0.4, 0.5) is 0 Å². The number of hydrogen-bond acceptors (Lipinski definition) is 1. The molecule has 3 heteroatoms. The minimum Gasteiger partial charge on any atom is -0.341 e. The Morgan fingerprint density at radius 2 is 1.42 bits per heavy atom. The van der Waals surface area contributed by atoms with E-state index < -0.39 is 0 Å². The predicted octanol–water partition coefficient (Wildman–Crippen LogP) is 5.28. The van der Waals surface area contributed by atoms with Crippen molar-refractivity contribution in [3.8, 4) is 0 Å². The Morgan fingerprint density at radius 1 is 0.833 bits per heavy atom. The van der Waals surface area contributed by atoms with Crippen LogP contribution in [0.3, 0.4) is 0 Å². The summed E-state index contributed by atoms with van der Waals surface area (Å²) >= 11 is 3.45. The van der Waals surface area contributed by atoms with Crippen LogP contribution < -0.4 is 5.32 Å². The van der Waals surface area contributed by atoms with Crippen molar-refractivity contribution in [2.24, 2.45) is 0 Å². The molecule has 0 aliphatic carbocycles. The van der Waals surface area contributed by atoms with E-state index in [2.05, 4.69) is 52.4 Å². The molecule has 1 amide bonds. The minimum absolute atomic E-state index is 0.100. The Balaban J connectivity index is 1.95. The van der Waals surface area contributed by atoms with Crippen molar-refractivity contribution in [2.45, 2.75) is 13.0 Å². The van der Waals surface area contributed by atoms with Crippen LogP contribution in [0.5, 0.6) is 0 Å². The lowest BCUT2D eigenvalue weighted by Crippen LogP contribution is -2.29. The van der Waals surface area contributed by atoms with Crippen molar-refractivity contribution in [3.05, 3.63) is 106 Å². The average molecular weight is 380 g/mol. The first kappa shape index (κ1) is 16.5. The van der Waals surface area contributed by atoms with Gasteiger partial charge in [0.1, 0.15) is 0 Å². The molecule has 0 spiro atoms. The summed E-state index contributed by atoms with van der Waals surface area (Å²) in [4.78, 5) is 12.7. The van der Waals surface area contributed by atoms with Crippen LogP contribution in [0, 0.1) is 6.92 Å². The SMILES string of the molecule is Cc1ccc([C@H](NC(=O)c2ccccc2Br)c2ccccc2)cc1. The zero-order valence-electron chi connectivity index (χ0n) is 13.4. The van der Waals surface area contributed by atoms with E-state index >= 15 is 0 Å². The second-order valence-corrected chi connectivity index (χ2v) is 6.56. The number of carbonyl (C=O) groups excluding carboxylic acids is 1. The highest BCUT2D eigenvalue weighted by Crippen LogP contribution is 2.24. The molecule has 0 saturated carbocycles. The number of rotatable bonds is 4. The van der Waals surface area contributed by atoms with Gasteiger partial charge in [0.25, 0.3) is 5.91 Å². The predicted molar refractivity (Wildman–Crippen MR) is 101 cm³/mol. The number of halogens is 1. The van der Waals surface area contributed by atoms with Crippen LogP contribution in [0.25, 0.3) is 0 Å². The van der Waals surface area contributed by atoms with Crippen molar-refractivity contribution in [1.29, 1.82) is 0 Å². The van der Waals surface area contributed by atoms with Gasteiger partial charge in [-0.25, -0.2) is 0 Å². The van der Waals surface area contributed by atoms with Gasteiger partial charge < -0.3 is 5.32 Å². The zero-order valence-corrected chi connectivity index (χ0v) is 15.0. The number of hydrogen-bond donors (Lipinski definition) is 1. The van der Waals surface area contributed by atoms with Gasteiger partial charge in [0.05, 0.1) is 11.6 Å². The van der Waals surface area contributed by atoms with Gasteiger partial charge in [-0.15, -0.1) is 0 Å². The van der Waals surface area contributed by atoms with Crippen LogP contribution in [0.15, 0.2) is 83.3 Å². The highest BCUT2D eigenvalue weighted by atomic mass is 79.9. The third kappa shape index (κ3) is 3.74. The molecule has 3 rings (SSSR count). The fourth-order valence-corrected chi connectivity index (χ4v) is 3.08. The topological polar surface area (TPSA) is 29.1 Å². The molecule has 0 unspecified atom stereocenters. The molecular weight excluding hydrogens is 362 g/mol. The summed E-state index contributed by atoms with van der Waals surface area (Å²) in [6, 6.07) is 25.5. The lowest BCUT2D eigenvalue weighted by molar-refractivity contribution is 0.0942. The van der Waals surface area contributed by atoms with Gasteiger partial charge in [-0.05, 0) is 46.1 Å². The Kier molecular flexibility index (Phi) is 5.11. The molecule has 0 aliphatic heterocycles. The number of nitrogens with one attached hydrogen (secondary N) is 1. The van der Waals surface area contributed by atoms with Crippen LogP contribution in [-0.2, 0) is 0 Å². The average Bonchev–Trinajstić information content (AvgIpc) is 2.61. The number of carbonyl (C=O) groups is 1. The summed E-state index contributed by atoms with van der Waals surface area (Å²) in [5, 5.41) is 3.16. The largest absolute Gasteiger partial charge is 0.341 e. The van der Waals surface area contributed by atoms with E-state index in [0.717, 1.165) is 15.6 Å². The van der Waals surface area contributed by atoms with Crippen LogP contribution >= 0.6 is 15.9 Å². The molecule has 3 aromatic rings. The normalized spacial score (nSPS) is 11.8. The van der Waals surface area contributed by atoms with Crippen molar-refractivity contribution >= 4 is 21.8 Å². The standard InChI is InChI=1S/C21H18BrNO/c1-15-11-13-17(14-12-15)20(16-7-3-2-4-8-16)23-21(24)18-9-5-6-10-19(18)22/h2-14,20H,1H3,(H,23,24)/t20-/m1/s1. The first-order valence-corrected chi connectivity index (χ1v) is 8.61. The molecule has 3 aromatic carbocycles. The van der Waals surface area contributed by atoms with E-state index in [1.54, 1.807) is 0 Å². The van der Waals surface area contributed by atoms with E-state index in [-0.39, 0.29) is 11.9 Å². The Bertz CT molecular complexity index is 828. The zero-order chi connectivity index (χ0) is 16.9. The third-order valence-electron chi connectivity index (χ3n) is 3.94. The van der Waals surface area contributed by atoms with Crippen LogP contribution in [0.1, 0.15) is 33.1 Å². The van der Waals surface area contributed by atoms with E-state index in [0.29, 0.717) is 5.56 Å². The van der Waals surface area contributed by atoms with Crippen molar-refractivity contribution in [3.63, 3.8) is 0 Å². The van der Waals surface area contributed by atoms with Gasteiger partial charge in [-0.3, -0.25) is 4.79 Å². The van der Waals surface area contributed by atoms with Gasteiger partial charge >= 0.3 is 0 Å². The molecule has 0 radical (unpaired) electrons. The van der Waals surface area contributed by atoms with Crippen LogP contribution in [-0.4, -0.2) is 5.91 Å². The van der Waals surface area contributed by atoms with Crippen molar-refractivity contribution in [1.82, 2.24) is 5.32 Å². The maximum atomic E-state index is 12.7. The summed E-state index contributed by atoms with van der Waals surface area (Å²) in [5.74, 6) is -0.100. The van der Waals surface area contributed by atoms with E-state index in [1.807, 2.05) is 54.6 Å². The lowest BCUT2D eigenvalue weighted by Gasteiger charge is -2.20. The van der Waals surface area contributed by atoms with E-state index in [4.69, 9.17) is 0 Å². The highest BCUT2D eigenvalue weighted by Gasteiger charge is 2.18. The number of aryl methyl sites for hydroxylation is 1. The fraction of sp³-hybridized carbons (Fsp3) is 0.0952. The summed E-state index contributed by atoms with van der Waals surface area (Å²) in [5.41, 5.74) is 3.95. The lowest BCUT2D eigenvalue weighted by atomic mass is 9.97. The molecule has 0 aromatic heterocycles. The molecule has 1 N–H and O–H groups in total. The van der Waals surface area contributed by atoms with Gasteiger partial charge in [0, 0.05) is 4.47 Å². The first-order valence-electron chi connectivity index (χ1n) is 7.82. The molecule has 0 saturated heterocycles. The van der Waals surface area contributed by atoms with E-state index in [1.165, 1.54) is 5.56 Å². The second kappa shape index (κ2) is 7.45. The van der Waals surface area contributed by atoms with Gasteiger partial charge in [-0.1, -0.05) is 72.3 Å². The molecule has 1 atom stereocenters. The molecule has 24 heavy (non-hydrogen) atoms. The highest BCUT2D eigenvalue weighted by molar-refractivity contribution is 9.10. The minimum atomic E-state index is -0.189. The van der Waals surface area contributed by atoms with Crippen molar-refractivity contribution in [2.75, 3.05) is 0 Å². The third-order valence-corrected chi connectivity index (χ3v) is 4.63.